The molecule has 0 fully saturated rings. The lowest BCUT2D eigenvalue weighted by Crippen LogP contribution is -2.49. The minimum atomic E-state index is -1.42. The summed E-state index contributed by atoms with van der Waals surface area (Å²) in [6.07, 6.45) is 0. The molecule has 1 aliphatic heterocycles. The van der Waals surface area contributed by atoms with Gasteiger partial charge in [-0.05, 0) is 26.0 Å². The Morgan fingerprint density at radius 2 is 1.64 bits per heavy atom. The Kier molecular flexibility index (Phi) is 5.63. The first-order chi connectivity index (χ1) is 11.9. The highest BCUT2D eigenvalue weighted by Gasteiger charge is 2.43. The molecule has 1 aromatic rings. The molecule has 25 heavy (non-hydrogen) atoms. The molecule has 0 bridgehead atoms. The van der Waals surface area contributed by atoms with E-state index in [-0.39, 0.29) is 24.5 Å². The Bertz CT molecular complexity index is 740. The number of esters is 2. The van der Waals surface area contributed by atoms with Crippen LogP contribution in [0.25, 0.3) is 0 Å². The minimum absolute atomic E-state index is 0.00414. The predicted molar refractivity (Wildman–Crippen MR) is 84.9 cm³/mol. The summed E-state index contributed by atoms with van der Waals surface area (Å²) in [6, 6.07) is 6.05. The molecule has 0 saturated heterocycles. The van der Waals surface area contributed by atoms with E-state index in [4.69, 9.17) is 0 Å². The number of hydrogen-bond acceptors (Lipinski definition) is 7. The molecule has 8 heteroatoms. The average molecular weight is 347 g/mol. The van der Waals surface area contributed by atoms with Crippen LogP contribution in [-0.4, -0.2) is 49.2 Å². The van der Waals surface area contributed by atoms with Gasteiger partial charge in [-0.2, -0.15) is 0 Å². The van der Waals surface area contributed by atoms with Crippen LogP contribution in [0.5, 0.6) is 0 Å². The van der Waals surface area contributed by atoms with Crippen LogP contribution in [0.1, 0.15) is 24.2 Å². The van der Waals surface area contributed by atoms with Gasteiger partial charge in [-0.25, -0.2) is 9.59 Å². The fraction of sp³-hybridized carbons (Fsp3) is 0.353. The van der Waals surface area contributed by atoms with Gasteiger partial charge in [0.15, 0.2) is 5.78 Å². The van der Waals surface area contributed by atoms with Crippen molar-refractivity contribution in [3.63, 3.8) is 0 Å². The standard InChI is InChI=1S/C17H17NO7/c1-3-24-16(22)14(20)11-9-18(15(21)17(23)25-4-2)12-8-6-5-7-10(12)13(11)19/h5-8,11H,3-4,9H2,1-2H3. The van der Waals surface area contributed by atoms with Gasteiger partial charge in [0.25, 0.3) is 5.78 Å². The van der Waals surface area contributed by atoms with Crippen LogP contribution in [0, 0.1) is 5.92 Å². The van der Waals surface area contributed by atoms with Gasteiger partial charge in [0.05, 0.1) is 18.9 Å². The van der Waals surface area contributed by atoms with Crippen LogP contribution in [0.4, 0.5) is 5.69 Å². The molecule has 0 aliphatic carbocycles. The van der Waals surface area contributed by atoms with Crippen molar-refractivity contribution in [2.45, 2.75) is 13.8 Å². The molecule has 0 radical (unpaired) electrons. The molecule has 1 unspecified atom stereocenters. The van der Waals surface area contributed by atoms with Gasteiger partial charge in [0, 0.05) is 12.1 Å². The van der Waals surface area contributed by atoms with Crippen LogP contribution in [0.15, 0.2) is 24.3 Å². The Labute approximate surface area is 143 Å². The predicted octanol–water partition coefficient (Wildman–Crippen LogP) is 0.527. The van der Waals surface area contributed by atoms with E-state index >= 15 is 0 Å². The van der Waals surface area contributed by atoms with E-state index in [1.807, 2.05) is 0 Å². The van der Waals surface area contributed by atoms with Crippen molar-refractivity contribution in [1.82, 2.24) is 0 Å². The first-order valence-electron chi connectivity index (χ1n) is 7.75. The highest BCUT2D eigenvalue weighted by Crippen LogP contribution is 2.30. The van der Waals surface area contributed by atoms with E-state index < -0.39 is 41.9 Å². The second-order valence-electron chi connectivity index (χ2n) is 5.15. The smallest absolute Gasteiger partial charge is 0.397 e. The molecule has 0 aromatic heterocycles. The molecule has 2 rings (SSSR count). The number of nitrogens with zero attached hydrogens (tertiary/aromatic N) is 1. The van der Waals surface area contributed by atoms with Crippen LogP contribution < -0.4 is 4.90 Å². The normalized spacial score (nSPS) is 16.0. The maximum atomic E-state index is 12.5. The lowest BCUT2D eigenvalue weighted by atomic mass is 9.88. The largest absolute Gasteiger partial charge is 0.460 e. The van der Waals surface area contributed by atoms with Gasteiger partial charge in [0.1, 0.15) is 5.92 Å². The SMILES string of the molecule is CCOC(=O)C(=O)C1CN(C(=O)C(=O)OCC)c2ccccc2C1=O. The zero-order valence-electron chi connectivity index (χ0n) is 13.8. The van der Waals surface area contributed by atoms with Crippen molar-refractivity contribution in [3.8, 4) is 0 Å². The second-order valence-corrected chi connectivity index (χ2v) is 5.15. The number of ketones is 2. The topological polar surface area (TPSA) is 107 Å². The minimum Gasteiger partial charge on any atom is -0.460 e. The van der Waals surface area contributed by atoms with Crippen molar-refractivity contribution in [2.24, 2.45) is 5.92 Å². The van der Waals surface area contributed by atoms with Crippen LogP contribution in [0.2, 0.25) is 0 Å². The van der Waals surface area contributed by atoms with Crippen molar-refractivity contribution >= 4 is 35.1 Å². The summed E-state index contributed by atoms with van der Waals surface area (Å²) < 4.78 is 9.33. The molecule has 1 atom stereocenters. The lowest BCUT2D eigenvalue weighted by Gasteiger charge is -2.31. The molecular weight excluding hydrogens is 330 g/mol. The number of Topliss-reactive ketones (excluding diaryl/α,β-unsaturated/α-hetero) is 2. The van der Waals surface area contributed by atoms with Crippen molar-refractivity contribution < 1.29 is 33.4 Å². The van der Waals surface area contributed by atoms with E-state index in [1.165, 1.54) is 19.1 Å². The summed E-state index contributed by atoms with van der Waals surface area (Å²) in [7, 11) is 0. The number of carbonyl (C=O) groups excluding carboxylic acids is 5. The van der Waals surface area contributed by atoms with Crippen LogP contribution >= 0.6 is 0 Å². The molecule has 132 valence electrons. The zero-order valence-corrected chi connectivity index (χ0v) is 13.8. The molecule has 1 amide bonds. The number of rotatable bonds is 4. The van der Waals surface area contributed by atoms with E-state index in [9.17, 15) is 24.0 Å². The second kappa shape index (κ2) is 7.69. The third kappa shape index (κ3) is 3.57. The van der Waals surface area contributed by atoms with Crippen molar-refractivity contribution in [1.29, 1.82) is 0 Å². The summed E-state index contributed by atoms with van der Waals surface area (Å²) in [4.78, 5) is 61.6. The molecule has 0 N–H and O–H groups in total. The summed E-state index contributed by atoms with van der Waals surface area (Å²) in [5.74, 6) is -6.34. The summed E-state index contributed by atoms with van der Waals surface area (Å²) in [6.45, 7) is 2.63. The molecule has 1 heterocycles. The Morgan fingerprint density at radius 3 is 2.28 bits per heavy atom. The number of anilines is 1. The van der Waals surface area contributed by atoms with Crippen molar-refractivity contribution in [2.75, 3.05) is 24.7 Å². The van der Waals surface area contributed by atoms with Gasteiger partial charge in [0.2, 0.25) is 0 Å². The van der Waals surface area contributed by atoms with Crippen molar-refractivity contribution in [3.05, 3.63) is 29.8 Å². The molecular formula is C17H17NO7. The van der Waals surface area contributed by atoms with Gasteiger partial charge in [-0.3, -0.25) is 14.4 Å². The quantitative estimate of drug-likeness (QED) is 0.444. The van der Waals surface area contributed by atoms with Gasteiger partial charge in [-0.15, -0.1) is 0 Å². The van der Waals surface area contributed by atoms with Crippen LogP contribution in [-0.2, 0) is 28.7 Å². The fourth-order valence-electron chi connectivity index (χ4n) is 2.51. The third-order valence-electron chi connectivity index (χ3n) is 3.63. The van der Waals surface area contributed by atoms with Crippen LogP contribution in [0.3, 0.4) is 0 Å². The maximum Gasteiger partial charge on any atom is 0.397 e. The fourth-order valence-corrected chi connectivity index (χ4v) is 2.51. The summed E-state index contributed by atoms with van der Waals surface area (Å²) in [5, 5.41) is 0. The van der Waals surface area contributed by atoms with E-state index in [0.29, 0.717) is 0 Å². The highest BCUT2D eigenvalue weighted by atomic mass is 16.5. The number of carbonyl (C=O) groups is 5. The number of hydrogen-bond donors (Lipinski definition) is 0. The maximum absolute atomic E-state index is 12.5. The average Bonchev–Trinajstić information content (AvgIpc) is 2.61. The molecule has 1 aromatic carbocycles. The van der Waals surface area contributed by atoms with E-state index in [2.05, 4.69) is 9.47 Å². The Hall–Kier alpha value is -3.03. The number of ether oxygens (including phenoxy) is 2. The number of benzene rings is 1. The van der Waals surface area contributed by atoms with E-state index in [0.717, 1.165) is 4.90 Å². The van der Waals surface area contributed by atoms with Gasteiger partial charge >= 0.3 is 17.8 Å². The monoisotopic (exact) mass is 347 g/mol. The third-order valence-corrected chi connectivity index (χ3v) is 3.63. The zero-order chi connectivity index (χ0) is 18.6. The molecule has 0 spiro atoms. The first-order valence-corrected chi connectivity index (χ1v) is 7.75. The highest BCUT2D eigenvalue weighted by molar-refractivity contribution is 6.43. The van der Waals surface area contributed by atoms with E-state index in [1.54, 1.807) is 19.1 Å². The number of para-hydroxylation sites is 1. The first kappa shape index (κ1) is 18.3. The number of fused-ring (bicyclic) bond motifs is 1. The van der Waals surface area contributed by atoms with Gasteiger partial charge in [-0.1, -0.05) is 12.1 Å². The Balaban J connectivity index is 2.40. The van der Waals surface area contributed by atoms with Gasteiger partial charge < -0.3 is 14.4 Å². The number of amides is 1. The summed E-state index contributed by atoms with van der Waals surface area (Å²) >= 11 is 0. The lowest BCUT2D eigenvalue weighted by molar-refractivity contribution is -0.155. The molecule has 8 nitrogen and oxygen atoms in total. The Morgan fingerprint density at radius 1 is 1.04 bits per heavy atom. The molecule has 1 aliphatic rings. The molecule has 0 saturated carbocycles. The summed E-state index contributed by atoms with van der Waals surface area (Å²) in [5.41, 5.74) is 0.271.